The van der Waals surface area contributed by atoms with Crippen LogP contribution in [0, 0.1) is 0 Å². The SMILES string of the molecule is C[C@@H](Nc1ccccc1)C(=O)Nc1cc(Cl)ccc1Cl. The molecule has 0 radical (unpaired) electrons. The third kappa shape index (κ3) is 3.89. The van der Waals surface area contributed by atoms with Gasteiger partial charge in [-0.3, -0.25) is 4.79 Å². The molecule has 0 aliphatic carbocycles. The van der Waals surface area contributed by atoms with E-state index in [0.29, 0.717) is 15.7 Å². The molecule has 2 N–H and O–H groups in total. The van der Waals surface area contributed by atoms with Crippen LogP contribution in [0.3, 0.4) is 0 Å². The first kappa shape index (κ1) is 14.7. The fraction of sp³-hybridized carbons (Fsp3) is 0.133. The molecule has 1 amide bonds. The number of halogens is 2. The molecule has 0 spiro atoms. The van der Waals surface area contributed by atoms with Gasteiger partial charge in [-0.1, -0.05) is 41.4 Å². The van der Waals surface area contributed by atoms with E-state index in [0.717, 1.165) is 5.69 Å². The van der Waals surface area contributed by atoms with Gasteiger partial charge in [0.1, 0.15) is 6.04 Å². The number of nitrogens with one attached hydrogen (secondary N) is 2. The molecule has 0 saturated carbocycles. The van der Waals surface area contributed by atoms with E-state index in [1.807, 2.05) is 30.3 Å². The van der Waals surface area contributed by atoms with Crippen molar-refractivity contribution in [3.63, 3.8) is 0 Å². The van der Waals surface area contributed by atoms with Crippen molar-refractivity contribution in [2.24, 2.45) is 0 Å². The monoisotopic (exact) mass is 308 g/mol. The van der Waals surface area contributed by atoms with Crippen molar-refractivity contribution in [3.8, 4) is 0 Å². The van der Waals surface area contributed by atoms with Crippen LogP contribution in [-0.4, -0.2) is 11.9 Å². The maximum absolute atomic E-state index is 12.1. The second kappa shape index (κ2) is 6.64. The van der Waals surface area contributed by atoms with Crippen molar-refractivity contribution < 1.29 is 4.79 Å². The summed E-state index contributed by atoms with van der Waals surface area (Å²) in [5.41, 5.74) is 1.39. The minimum Gasteiger partial charge on any atom is -0.374 e. The molecule has 3 nitrogen and oxygen atoms in total. The fourth-order valence-electron chi connectivity index (χ4n) is 1.68. The number of anilines is 2. The van der Waals surface area contributed by atoms with Crippen molar-refractivity contribution in [2.75, 3.05) is 10.6 Å². The minimum atomic E-state index is -0.396. The second-order valence-corrected chi connectivity index (χ2v) is 5.19. The molecule has 0 aliphatic rings. The molecule has 0 unspecified atom stereocenters. The van der Waals surface area contributed by atoms with Crippen LogP contribution in [0.25, 0.3) is 0 Å². The van der Waals surface area contributed by atoms with Crippen molar-refractivity contribution in [1.29, 1.82) is 0 Å². The molecule has 1 atom stereocenters. The molecule has 5 heteroatoms. The Hall–Kier alpha value is -1.71. The maximum Gasteiger partial charge on any atom is 0.246 e. The number of hydrogen-bond donors (Lipinski definition) is 2. The van der Waals surface area contributed by atoms with Crippen LogP contribution in [0.2, 0.25) is 10.0 Å². The van der Waals surface area contributed by atoms with Gasteiger partial charge in [0.15, 0.2) is 0 Å². The molecule has 20 heavy (non-hydrogen) atoms. The predicted octanol–water partition coefficient (Wildman–Crippen LogP) is 4.43. The average Bonchev–Trinajstić information content (AvgIpc) is 2.44. The lowest BCUT2D eigenvalue weighted by molar-refractivity contribution is -0.116. The van der Waals surface area contributed by atoms with Crippen molar-refractivity contribution in [3.05, 3.63) is 58.6 Å². The molecular weight excluding hydrogens is 295 g/mol. The number of rotatable bonds is 4. The Kier molecular flexibility index (Phi) is 4.88. The lowest BCUT2D eigenvalue weighted by Gasteiger charge is -2.16. The van der Waals surface area contributed by atoms with Gasteiger partial charge >= 0.3 is 0 Å². The highest BCUT2D eigenvalue weighted by atomic mass is 35.5. The Bertz CT molecular complexity index is 602. The van der Waals surface area contributed by atoms with Gasteiger partial charge < -0.3 is 10.6 Å². The van der Waals surface area contributed by atoms with E-state index in [4.69, 9.17) is 23.2 Å². The zero-order chi connectivity index (χ0) is 14.5. The van der Waals surface area contributed by atoms with E-state index in [1.165, 1.54) is 0 Å². The summed E-state index contributed by atoms with van der Waals surface area (Å²) in [6.07, 6.45) is 0. The summed E-state index contributed by atoms with van der Waals surface area (Å²) in [7, 11) is 0. The number of hydrogen-bond acceptors (Lipinski definition) is 2. The summed E-state index contributed by atoms with van der Waals surface area (Å²) < 4.78 is 0. The van der Waals surface area contributed by atoms with Gasteiger partial charge in [-0.05, 0) is 37.3 Å². The standard InChI is InChI=1S/C15H14Cl2N2O/c1-10(18-12-5-3-2-4-6-12)15(20)19-14-9-11(16)7-8-13(14)17/h2-10,18H,1H3,(H,19,20)/t10-/m1/s1. The fourth-order valence-corrected chi connectivity index (χ4v) is 2.02. The summed E-state index contributed by atoms with van der Waals surface area (Å²) in [4.78, 5) is 12.1. The zero-order valence-electron chi connectivity index (χ0n) is 10.9. The Morgan fingerprint density at radius 1 is 1.10 bits per heavy atom. The van der Waals surface area contributed by atoms with Gasteiger partial charge in [0, 0.05) is 10.7 Å². The first-order valence-corrected chi connectivity index (χ1v) is 6.89. The molecule has 2 aromatic rings. The van der Waals surface area contributed by atoms with Crippen LogP contribution < -0.4 is 10.6 Å². The van der Waals surface area contributed by atoms with Crippen LogP contribution in [0.4, 0.5) is 11.4 Å². The molecule has 0 aliphatic heterocycles. The first-order chi connectivity index (χ1) is 9.56. The number of benzene rings is 2. The number of para-hydroxylation sites is 1. The molecule has 0 saturated heterocycles. The number of carbonyl (C=O) groups is 1. The van der Waals surface area contributed by atoms with Crippen molar-refractivity contribution >= 4 is 40.5 Å². The Labute approximate surface area is 127 Å². The average molecular weight is 309 g/mol. The van der Waals surface area contributed by atoms with Gasteiger partial charge in [0.2, 0.25) is 5.91 Å². The Morgan fingerprint density at radius 3 is 2.50 bits per heavy atom. The summed E-state index contributed by atoms with van der Waals surface area (Å²) in [6.45, 7) is 1.78. The van der Waals surface area contributed by atoms with E-state index in [-0.39, 0.29) is 5.91 Å². The summed E-state index contributed by atoms with van der Waals surface area (Å²) in [5.74, 6) is -0.182. The highest BCUT2D eigenvalue weighted by Crippen LogP contribution is 2.25. The molecule has 104 valence electrons. The Balaban J connectivity index is 2.02. The molecule has 0 heterocycles. The van der Waals surface area contributed by atoms with Gasteiger partial charge in [0.25, 0.3) is 0 Å². The highest BCUT2D eigenvalue weighted by Gasteiger charge is 2.14. The van der Waals surface area contributed by atoms with Crippen LogP contribution in [0.1, 0.15) is 6.92 Å². The third-order valence-electron chi connectivity index (χ3n) is 2.74. The minimum absolute atomic E-state index is 0.182. The molecule has 0 fully saturated rings. The lowest BCUT2D eigenvalue weighted by atomic mass is 10.2. The summed E-state index contributed by atoms with van der Waals surface area (Å²) in [5, 5.41) is 6.84. The predicted molar refractivity (Wildman–Crippen MR) is 84.6 cm³/mol. The lowest BCUT2D eigenvalue weighted by Crippen LogP contribution is -2.31. The molecule has 2 rings (SSSR count). The van der Waals surface area contributed by atoms with Crippen LogP contribution in [0.15, 0.2) is 48.5 Å². The van der Waals surface area contributed by atoms with E-state index in [2.05, 4.69) is 10.6 Å². The van der Waals surface area contributed by atoms with Gasteiger partial charge in [0.05, 0.1) is 10.7 Å². The van der Waals surface area contributed by atoms with Crippen molar-refractivity contribution in [1.82, 2.24) is 0 Å². The van der Waals surface area contributed by atoms with Crippen LogP contribution >= 0.6 is 23.2 Å². The van der Waals surface area contributed by atoms with Gasteiger partial charge in [-0.25, -0.2) is 0 Å². The second-order valence-electron chi connectivity index (χ2n) is 4.35. The molecule has 0 aromatic heterocycles. The smallest absolute Gasteiger partial charge is 0.246 e. The maximum atomic E-state index is 12.1. The number of amides is 1. The first-order valence-electron chi connectivity index (χ1n) is 6.14. The van der Waals surface area contributed by atoms with E-state index in [9.17, 15) is 4.79 Å². The topological polar surface area (TPSA) is 41.1 Å². The highest BCUT2D eigenvalue weighted by molar-refractivity contribution is 6.35. The summed E-state index contributed by atoms with van der Waals surface area (Å²) in [6, 6.07) is 14.1. The molecule has 0 bridgehead atoms. The zero-order valence-corrected chi connectivity index (χ0v) is 12.4. The van der Waals surface area contributed by atoms with E-state index >= 15 is 0 Å². The largest absolute Gasteiger partial charge is 0.374 e. The Morgan fingerprint density at radius 2 is 1.80 bits per heavy atom. The molecule has 2 aromatic carbocycles. The van der Waals surface area contributed by atoms with Crippen LogP contribution in [0.5, 0.6) is 0 Å². The number of carbonyl (C=O) groups excluding carboxylic acids is 1. The molecular formula is C15H14Cl2N2O. The van der Waals surface area contributed by atoms with E-state index < -0.39 is 6.04 Å². The van der Waals surface area contributed by atoms with Crippen molar-refractivity contribution in [2.45, 2.75) is 13.0 Å². The van der Waals surface area contributed by atoms with Gasteiger partial charge in [-0.2, -0.15) is 0 Å². The third-order valence-corrected chi connectivity index (χ3v) is 3.30. The van der Waals surface area contributed by atoms with Crippen LogP contribution in [-0.2, 0) is 4.79 Å². The quantitative estimate of drug-likeness (QED) is 0.877. The van der Waals surface area contributed by atoms with Gasteiger partial charge in [-0.15, -0.1) is 0 Å². The summed E-state index contributed by atoms with van der Waals surface area (Å²) >= 11 is 11.9. The normalized spacial score (nSPS) is 11.8. The van der Waals surface area contributed by atoms with E-state index in [1.54, 1.807) is 25.1 Å².